The van der Waals surface area contributed by atoms with Crippen LogP contribution in [0.3, 0.4) is 0 Å². The van der Waals surface area contributed by atoms with E-state index in [9.17, 15) is 10.1 Å². The van der Waals surface area contributed by atoms with Crippen LogP contribution in [0.4, 0.5) is 5.69 Å². The topological polar surface area (TPSA) is 64.9 Å². The van der Waals surface area contributed by atoms with Crippen molar-refractivity contribution in [3.8, 4) is 6.07 Å². The molecular formula is C20H21N3O. The number of anilines is 1. The summed E-state index contributed by atoms with van der Waals surface area (Å²) in [5.41, 5.74) is 4.32. The summed E-state index contributed by atoms with van der Waals surface area (Å²) in [4.78, 5) is 12.1. The third-order valence-electron chi connectivity index (χ3n) is 3.66. The maximum absolute atomic E-state index is 12.1. The maximum atomic E-state index is 12.1. The smallest absolute Gasteiger partial charge is 0.263 e. The van der Waals surface area contributed by atoms with E-state index >= 15 is 0 Å². The number of rotatable bonds is 6. The first kappa shape index (κ1) is 17.3. The molecule has 0 aromatic heterocycles. The molecule has 122 valence electrons. The molecule has 0 aliphatic carbocycles. The van der Waals surface area contributed by atoms with Crippen LogP contribution in [0, 0.1) is 25.2 Å². The average Bonchev–Trinajstić information content (AvgIpc) is 2.58. The molecule has 0 bridgehead atoms. The van der Waals surface area contributed by atoms with Crippen molar-refractivity contribution in [3.63, 3.8) is 0 Å². The lowest BCUT2D eigenvalue weighted by atomic mass is 10.1. The molecule has 2 N–H and O–H groups in total. The van der Waals surface area contributed by atoms with Gasteiger partial charge >= 0.3 is 0 Å². The largest absolute Gasteiger partial charge is 0.360 e. The molecule has 24 heavy (non-hydrogen) atoms. The van der Waals surface area contributed by atoms with Gasteiger partial charge in [-0.1, -0.05) is 48.0 Å². The van der Waals surface area contributed by atoms with E-state index in [1.807, 2.05) is 68.4 Å². The van der Waals surface area contributed by atoms with E-state index in [4.69, 9.17) is 0 Å². The highest BCUT2D eigenvalue weighted by Crippen LogP contribution is 2.16. The predicted octanol–water partition coefficient (Wildman–Crippen LogP) is 3.48. The quantitative estimate of drug-likeness (QED) is 0.633. The Kier molecular flexibility index (Phi) is 6.16. The SMILES string of the molecule is Cc1ccc(N/C=C(/C#N)C(=O)NCCc2ccccc2)c(C)c1. The van der Waals surface area contributed by atoms with Crippen molar-refractivity contribution in [1.29, 1.82) is 5.26 Å². The van der Waals surface area contributed by atoms with Gasteiger partial charge < -0.3 is 10.6 Å². The van der Waals surface area contributed by atoms with E-state index in [0.717, 1.165) is 23.2 Å². The molecule has 0 radical (unpaired) electrons. The highest BCUT2D eigenvalue weighted by Gasteiger charge is 2.08. The van der Waals surface area contributed by atoms with Gasteiger partial charge in [-0.25, -0.2) is 0 Å². The van der Waals surface area contributed by atoms with Crippen LogP contribution in [0.1, 0.15) is 16.7 Å². The van der Waals surface area contributed by atoms with E-state index in [-0.39, 0.29) is 11.5 Å². The zero-order valence-electron chi connectivity index (χ0n) is 14.0. The lowest BCUT2D eigenvalue weighted by molar-refractivity contribution is -0.117. The third kappa shape index (κ3) is 4.99. The van der Waals surface area contributed by atoms with Crippen molar-refractivity contribution < 1.29 is 4.79 Å². The molecule has 0 saturated heterocycles. The van der Waals surface area contributed by atoms with Gasteiger partial charge in [0, 0.05) is 18.4 Å². The molecule has 0 spiro atoms. The van der Waals surface area contributed by atoms with Crippen LogP contribution >= 0.6 is 0 Å². The van der Waals surface area contributed by atoms with E-state index in [1.165, 1.54) is 11.8 Å². The summed E-state index contributed by atoms with van der Waals surface area (Å²) in [5.74, 6) is -0.370. The number of amides is 1. The molecule has 4 heteroatoms. The summed E-state index contributed by atoms with van der Waals surface area (Å²) >= 11 is 0. The highest BCUT2D eigenvalue weighted by molar-refractivity contribution is 5.97. The van der Waals surface area contributed by atoms with Crippen LogP contribution in [0.2, 0.25) is 0 Å². The van der Waals surface area contributed by atoms with Crippen LogP contribution in [0.25, 0.3) is 0 Å². The Morgan fingerprint density at radius 2 is 1.92 bits per heavy atom. The first-order valence-corrected chi connectivity index (χ1v) is 7.86. The number of hydrogen-bond donors (Lipinski definition) is 2. The molecule has 0 aliphatic rings. The van der Waals surface area contributed by atoms with Crippen molar-refractivity contribution in [2.75, 3.05) is 11.9 Å². The monoisotopic (exact) mass is 319 g/mol. The van der Waals surface area contributed by atoms with Gasteiger partial charge in [-0.2, -0.15) is 5.26 Å². The average molecular weight is 319 g/mol. The molecule has 0 heterocycles. The zero-order chi connectivity index (χ0) is 17.4. The van der Waals surface area contributed by atoms with Gasteiger partial charge in [0.2, 0.25) is 0 Å². The summed E-state index contributed by atoms with van der Waals surface area (Å²) in [5, 5.41) is 15.0. The van der Waals surface area contributed by atoms with E-state index < -0.39 is 0 Å². The molecule has 4 nitrogen and oxygen atoms in total. The van der Waals surface area contributed by atoms with Crippen molar-refractivity contribution in [1.82, 2.24) is 5.32 Å². The molecule has 1 amide bonds. The Morgan fingerprint density at radius 1 is 1.17 bits per heavy atom. The van der Waals surface area contributed by atoms with Crippen LogP contribution in [0.5, 0.6) is 0 Å². The van der Waals surface area contributed by atoms with E-state index in [1.54, 1.807) is 0 Å². The van der Waals surface area contributed by atoms with Crippen molar-refractivity contribution in [3.05, 3.63) is 77.0 Å². The fourth-order valence-corrected chi connectivity index (χ4v) is 2.33. The van der Waals surface area contributed by atoms with Crippen LogP contribution < -0.4 is 10.6 Å². The van der Waals surface area contributed by atoms with Crippen LogP contribution in [-0.4, -0.2) is 12.5 Å². The number of nitrogens with one attached hydrogen (secondary N) is 2. The first-order valence-electron chi connectivity index (χ1n) is 7.86. The van der Waals surface area contributed by atoms with Gasteiger partial charge in [0.1, 0.15) is 11.6 Å². The van der Waals surface area contributed by atoms with Gasteiger partial charge in [0.15, 0.2) is 0 Å². The molecular weight excluding hydrogens is 298 g/mol. The highest BCUT2D eigenvalue weighted by atomic mass is 16.1. The number of carbonyl (C=O) groups is 1. The minimum absolute atomic E-state index is 0.0584. The van der Waals surface area contributed by atoms with Gasteiger partial charge in [0.25, 0.3) is 5.91 Å². The number of aryl methyl sites for hydroxylation is 2. The number of carbonyl (C=O) groups excluding carboxylic acids is 1. The van der Waals surface area contributed by atoms with Gasteiger partial charge in [-0.15, -0.1) is 0 Å². The van der Waals surface area contributed by atoms with Crippen LogP contribution in [-0.2, 0) is 11.2 Å². The number of nitriles is 1. The summed E-state index contributed by atoms with van der Waals surface area (Å²) in [7, 11) is 0. The second-order valence-electron chi connectivity index (χ2n) is 5.62. The Morgan fingerprint density at radius 3 is 2.58 bits per heavy atom. The first-order chi connectivity index (χ1) is 11.6. The molecule has 2 aromatic rings. The van der Waals surface area contributed by atoms with Crippen molar-refractivity contribution >= 4 is 11.6 Å². The number of benzene rings is 2. The van der Waals surface area contributed by atoms with E-state index in [0.29, 0.717) is 6.54 Å². The van der Waals surface area contributed by atoms with Crippen molar-refractivity contribution in [2.45, 2.75) is 20.3 Å². The molecule has 0 atom stereocenters. The molecule has 0 fully saturated rings. The Bertz CT molecular complexity index is 773. The zero-order valence-corrected chi connectivity index (χ0v) is 14.0. The van der Waals surface area contributed by atoms with Crippen LogP contribution in [0.15, 0.2) is 60.3 Å². The number of nitrogens with zero attached hydrogens (tertiary/aromatic N) is 1. The summed E-state index contributed by atoms with van der Waals surface area (Å²) < 4.78 is 0. The van der Waals surface area contributed by atoms with Gasteiger partial charge in [-0.3, -0.25) is 4.79 Å². The lowest BCUT2D eigenvalue weighted by Crippen LogP contribution is -2.27. The fourth-order valence-electron chi connectivity index (χ4n) is 2.33. The normalized spacial score (nSPS) is 10.8. The summed E-state index contributed by atoms with van der Waals surface area (Å²) in [6, 6.07) is 17.8. The minimum atomic E-state index is -0.370. The second kappa shape index (κ2) is 8.54. The Labute approximate surface area is 142 Å². The summed E-state index contributed by atoms with van der Waals surface area (Å²) in [6.45, 7) is 4.49. The Hall–Kier alpha value is -3.06. The standard InChI is InChI=1S/C20H21N3O/c1-15-8-9-19(16(2)12-15)23-14-18(13-21)20(24)22-11-10-17-6-4-3-5-7-17/h3-9,12,14,23H,10-11H2,1-2H3,(H,22,24)/b18-14-. The summed E-state index contributed by atoms with van der Waals surface area (Å²) in [6.07, 6.45) is 2.19. The Balaban J connectivity index is 1.92. The maximum Gasteiger partial charge on any atom is 0.263 e. The molecule has 0 saturated carbocycles. The molecule has 2 aromatic carbocycles. The molecule has 2 rings (SSSR count). The second-order valence-corrected chi connectivity index (χ2v) is 5.62. The number of hydrogen-bond acceptors (Lipinski definition) is 3. The minimum Gasteiger partial charge on any atom is -0.360 e. The third-order valence-corrected chi connectivity index (χ3v) is 3.66. The molecule has 0 aliphatic heterocycles. The van der Waals surface area contributed by atoms with Gasteiger partial charge in [-0.05, 0) is 37.5 Å². The van der Waals surface area contributed by atoms with Gasteiger partial charge in [0.05, 0.1) is 0 Å². The van der Waals surface area contributed by atoms with E-state index in [2.05, 4.69) is 10.6 Å². The predicted molar refractivity (Wildman–Crippen MR) is 96.4 cm³/mol. The fraction of sp³-hybridized carbons (Fsp3) is 0.200. The van der Waals surface area contributed by atoms with Crippen molar-refractivity contribution in [2.24, 2.45) is 0 Å². The molecule has 0 unspecified atom stereocenters. The lowest BCUT2D eigenvalue weighted by Gasteiger charge is -2.08.